The SMILES string of the molecule is [B]c1c([B])c([B])c(C(=O)Nc2cc3cc(-c4cnc(C)n4C)ccc3cn2)c(Cl)c1[B]. The first kappa shape index (κ1) is 21.3. The van der Waals surface area contributed by atoms with Crippen LogP contribution in [0.1, 0.15) is 16.2 Å². The van der Waals surface area contributed by atoms with E-state index >= 15 is 0 Å². The van der Waals surface area contributed by atoms with Crippen LogP contribution >= 0.6 is 11.6 Å². The predicted molar refractivity (Wildman–Crippen MR) is 130 cm³/mol. The highest BCUT2D eigenvalue weighted by Gasteiger charge is 2.19. The summed E-state index contributed by atoms with van der Waals surface area (Å²) in [4.78, 5) is 21.5. The molecule has 8 radical (unpaired) electrons. The van der Waals surface area contributed by atoms with Gasteiger partial charge in [-0.3, -0.25) is 4.79 Å². The Morgan fingerprint density at radius 1 is 0.968 bits per heavy atom. The van der Waals surface area contributed by atoms with Crippen LogP contribution in [0.5, 0.6) is 0 Å². The van der Waals surface area contributed by atoms with E-state index in [0.29, 0.717) is 5.82 Å². The summed E-state index contributed by atoms with van der Waals surface area (Å²) in [6, 6.07) is 7.72. The minimum absolute atomic E-state index is 0.00102. The molecule has 31 heavy (non-hydrogen) atoms. The third-order valence-electron chi connectivity index (χ3n) is 5.30. The standard InChI is InChI=1S/C21H13B4ClN4O/c1-9-27-8-13(30(9)2)10-3-4-11-7-28-14(6-12(11)5-10)29-21(31)15-16(22)17(23)18(24)19(25)20(15)26/h3-8H,1-2H3,(H,28,29,31). The molecule has 0 unspecified atom stereocenters. The summed E-state index contributed by atoms with van der Waals surface area (Å²) in [5.74, 6) is 0.640. The molecule has 1 N–H and O–H groups in total. The molecule has 1 amide bonds. The van der Waals surface area contributed by atoms with Gasteiger partial charge in [-0.2, -0.15) is 0 Å². The van der Waals surface area contributed by atoms with Crippen molar-refractivity contribution >= 4 is 87.3 Å². The van der Waals surface area contributed by atoms with Gasteiger partial charge in [0.1, 0.15) is 43.0 Å². The van der Waals surface area contributed by atoms with Crippen LogP contribution in [-0.4, -0.2) is 51.8 Å². The molecule has 4 rings (SSSR count). The highest BCUT2D eigenvalue weighted by molar-refractivity contribution is 6.66. The summed E-state index contributed by atoms with van der Waals surface area (Å²) in [7, 11) is 25.4. The number of nitrogens with zero attached hydrogens (tertiary/aromatic N) is 3. The highest BCUT2D eigenvalue weighted by atomic mass is 35.5. The summed E-state index contributed by atoms with van der Waals surface area (Å²) in [6.45, 7) is 1.94. The molecule has 2 aromatic heterocycles. The van der Waals surface area contributed by atoms with Crippen LogP contribution in [-0.2, 0) is 7.05 Å². The number of pyridine rings is 1. The fraction of sp³-hybridized carbons (Fsp3) is 0.0952. The maximum Gasteiger partial charge on any atom is 0.257 e. The van der Waals surface area contributed by atoms with Crippen LogP contribution in [0.4, 0.5) is 5.82 Å². The molecule has 10 heteroatoms. The van der Waals surface area contributed by atoms with Gasteiger partial charge in [-0.05, 0) is 24.4 Å². The van der Waals surface area contributed by atoms with Gasteiger partial charge in [-0.15, -0.1) is 10.9 Å². The van der Waals surface area contributed by atoms with Gasteiger partial charge in [0.25, 0.3) is 5.91 Å². The minimum Gasteiger partial charge on any atom is -0.331 e. The lowest BCUT2D eigenvalue weighted by Crippen LogP contribution is -2.50. The molecule has 142 valence electrons. The topological polar surface area (TPSA) is 59.8 Å². The second-order valence-electron chi connectivity index (χ2n) is 7.18. The van der Waals surface area contributed by atoms with Crippen molar-refractivity contribution in [3.63, 3.8) is 0 Å². The van der Waals surface area contributed by atoms with E-state index in [1.165, 1.54) is 0 Å². The van der Waals surface area contributed by atoms with E-state index in [-0.39, 0.29) is 32.4 Å². The first-order valence-corrected chi connectivity index (χ1v) is 9.68. The third kappa shape index (κ3) is 3.67. The van der Waals surface area contributed by atoms with Gasteiger partial charge in [0.15, 0.2) is 0 Å². The molecule has 0 atom stereocenters. The van der Waals surface area contributed by atoms with Crippen LogP contribution in [0.2, 0.25) is 5.02 Å². The zero-order chi connectivity index (χ0) is 22.4. The molecule has 4 aromatic rings. The van der Waals surface area contributed by atoms with Gasteiger partial charge in [0, 0.05) is 29.2 Å². The van der Waals surface area contributed by atoms with Gasteiger partial charge < -0.3 is 9.88 Å². The number of halogens is 1. The summed E-state index contributed by atoms with van der Waals surface area (Å²) < 4.78 is 2.01. The third-order valence-corrected chi connectivity index (χ3v) is 5.69. The van der Waals surface area contributed by atoms with Crippen LogP contribution in [0.3, 0.4) is 0 Å². The number of benzene rings is 2. The Labute approximate surface area is 190 Å². The molecule has 0 saturated carbocycles. The molecule has 0 aliphatic rings. The van der Waals surface area contributed by atoms with E-state index in [2.05, 4.69) is 15.3 Å². The number of amides is 1. The summed E-state index contributed by atoms with van der Waals surface area (Å²) >= 11 is 6.21. The molecule has 0 fully saturated rings. The van der Waals surface area contributed by atoms with Gasteiger partial charge in [-0.25, -0.2) is 9.97 Å². The van der Waals surface area contributed by atoms with E-state index < -0.39 is 5.91 Å². The lowest BCUT2D eigenvalue weighted by Gasteiger charge is -2.18. The Kier molecular flexibility index (Phi) is 5.48. The Morgan fingerprint density at radius 2 is 1.68 bits per heavy atom. The monoisotopic (exact) mass is 416 g/mol. The van der Waals surface area contributed by atoms with Gasteiger partial charge in [0.05, 0.1) is 17.5 Å². The average Bonchev–Trinajstić information content (AvgIpc) is 3.09. The first-order chi connectivity index (χ1) is 14.7. The Hall–Kier alpha value is -2.92. The van der Waals surface area contributed by atoms with Gasteiger partial charge >= 0.3 is 0 Å². The number of aromatic nitrogens is 3. The van der Waals surface area contributed by atoms with E-state index in [9.17, 15) is 4.79 Å². The van der Waals surface area contributed by atoms with E-state index in [1.807, 2.05) is 42.9 Å². The van der Waals surface area contributed by atoms with Crippen molar-refractivity contribution in [3.8, 4) is 11.3 Å². The Balaban J connectivity index is 1.71. The Morgan fingerprint density at radius 3 is 2.35 bits per heavy atom. The lowest BCUT2D eigenvalue weighted by atomic mass is 9.65. The van der Waals surface area contributed by atoms with Crippen molar-refractivity contribution in [1.29, 1.82) is 0 Å². The van der Waals surface area contributed by atoms with Crippen LogP contribution in [0.25, 0.3) is 22.0 Å². The normalized spacial score (nSPS) is 11.1. The van der Waals surface area contributed by atoms with E-state index in [0.717, 1.165) is 27.9 Å². The smallest absolute Gasteiger partial charge is 0.257 e. The van der Waals surface area contributed by atoms with Crippen LogP contribution in [0.15, 0.2) is 36.7 Å². The molecule has 2 heterocycles. The molecule has 5 nitrogen and oxygen atoms in total. The molecule has 2 aromatic carbocycles. The second-order valence-corrected chi connectivity index (χ2v) is 7.56. The molecule has 0 aliphatic heterocycles. The molecule has 0 bridgehead atoms. The van der Waals surface area contributed by atoms with Crippen molar-refractivity contribution in [2.45, 2.75) is 6.92 Å². The number of hydrogen-bond acceptors (Lipinski definition) is 3. The minimum atomic E-state index is -0.592. The maximum absolute atomic E-state index is 12.9. The molecular formula is C21H13B4ClN4O. The van der Waals surface area contributed by atoms with Crippen molar-refractivity contribution in [1.82, 2.24) is 14.5 Å². The van der Waals surface area contributed by atoms with Gasteiger partial charge in [-0.1, -0.05) is 34.7 Å². The van der Waals surface area contributed by atoms with Crippen molar-refractivity contribution in [2.75, 3.05) is 5.32 Å². The zero-order valence-corrected chi connectivity index (χ0v) is 17.7. The van der Waals surface area contributed by atoms with Crippen molar-refractivity contribution in [2.24, 2.45) is 7.05 Å². The fourth-order valence-electron chi connectivity index (χ4n) is 3.34. The van der Waals surface area contributed by atoms with Crippen LogP contribution in [0, 0.1) is 6.92 Å². The second kappa shape index (κ2) is 7.97. The zero-order valence-electron chi connectivity index (χ0n) is 16.9. The molecular weight excluding hydrogens is 403 g/mol. The number of aryl methyl sites for hydroxylation is 1. The number of anilines is 1. The predicted octanol–water partition coefficient (Wildman–Crippen LogP) is 0.0246. The average molecular weight is 416 g/mol. The number of fused-ring (bicyclic) bond motifs is 1. The number of imidazole rings is 1. The highest BCUT2D eigenvalue weighted by Crippen LogP contribution is 2.26. The summed E-state index contributed by atoms with van der Waals surface area (Å²) in [6.07, 6.45) is 3.49. The lowest BCUT2D eigenvalue weighted by molar-refractivity contribution is 0.102. The quantitative estimate of drug-likeness (QED) is 0.480. The van der Waals surface area contributed by atoms with Crippen LogP contribution < -0.4 is 27.2 Å². The number of carbonyl (C=O) groups is 1. The summed E-state index contributed by atoms with van der Waals surface area (Å²) in [5.41, 5.74) is 1.94. The van der Waals surface area contributed by atoms with Crippen molar-refractivity contribution in [3.05, 3.63) is 53.1 Å². The van der Waals surface area contributed by atoms with E-state index in [1.54, 1.807) is 12.3 Å². The Bertz CT molecular complexity index is 1340. The number of nitrogens with one attached hydrogen (secondary N) is 1. The first-order valence-electron chi connectivity index (χ1n) is 9.30. The fourth-order valence-corrected chi connectivity index (χ4v) is 3.63. The number of hydrogen-bond donors (Lipinski definition) is 1. The number of carbonyl (C=O) groups excluding carboxylic acids is 1. The molecule has 0 spiro atoms. The molecule has 0 aliphatic carbocycles. The summed E-state index contributed by atoms with van der Waals surface area (Å²) in [5, 5.41) is 4.44. The van der Waals surface area contributed by atoms with E-state index in [4.69, 9.17) is 43.0 Å². The van der Waals surface area contributed by atoms with Crippen molar-refractivity contribution < 1.29 is 4.79 Å². The number of rotatable bonds is 3. The van der Waals surface area contributed by atoms with Gasteiger partial charge in [0.2, 0.25) is 0 Å². The maximum atomic E-state index is 12.9. The molecule has 0 saturated heterocycles. The largest absolute Gasteiger partial charge is 0.331 e.